The molecule has 1 aromatic rings. The van der Waals surface area contributed by atoms with E-state index in [1.807, 2.05) is 6.92 Å². The maximum Gasteiger partial charge on any atom is 0.328 e. The number of nitrogens with one attached hydrogen (secondary N) is 1. The van der Waals surface area contributed by atoms with Crippen molar-refractivity contribution < 1.29 is 23.1 Å². The molecule has 1 rings (SSSR count). The van der Waals surface area contributed by atoms with Crippen molar-refractivity contribution in [2.75, 3.05) is 13.2 Å². The van der Waals surface area contributed by atoms with Gasteiger partial charge in [-0.05, 0) is 37.6 Å². The summed E-state index contributed by atoms with van der Waals surface area (Å²) in [5.41, 5.74) is 0.498. The molecule has 0 radical (unpaired) electrons. The van der Waals surface area contributed by atoms with Gasteiger partial charge >= 0.3 is 5.97 Å². The molecule has 2 N–H and O–H groups in total. The summed E-state index contributed by atoms with van der Waals surface area (Å²) in [6, 6.07) is 5.70. The van der Waals surface area contributed by atoms with Crippen LogP contribution in [0.5, 0.6) is 0 Å². The van der Waals surface area contributed by atoms with E-state index in [-0.39, 0.29) is 17.5 Å². The molecule has 0 heterocycles. The first-order valence-corrected chi connectivity index (χ1v) is 7.94. The molecule has 0 aromatic heterocycles. The zero-order valence-electron chi connectivity index (χ0n) is 11.9. The standard InChI is InChI=1S/C14H19NO5S/c1-3-20-10-11(2)15-21(18,19)13-6-4-5-12(9-13)7-8-14(16)17/h4-9,11,15H,3,10H2,1-2H3,(H,16,17). The summed E-state index contributed by atoms with van der Waals surface area (Å²) in [6.45, 7) is 4.34. The van der Waals surface area contributed by atoms with Crippen LogP contribution in [-0.2, 0) is 19.6 Å². The van der Waals surface area contributed by atoms with E-state index in [1.54, 1.807) is 19.1 Å². The van der Waals surface area contributed by atoms with E-state index in [0.717, 1.165) is 6.08 Å². The lowest BCUT2D eigenvalue weighted by Crippen LogP contribution is -2.35. The molecule has 1 aromatic carbocycles. The highest BCUT2D eigenvalue weighted by atomic mass is 32.2. The Morgan fingerprint density at radius 2 is 2.19 bits per heavy atom. The van der Waals surface area contributed by atoms with Gasteiger partial charge in [-0.3, -0.25) is 0 Å². The van der Waals surface area contributed by atoms with Crippen LogP contribution in [0.4, 0.5) is 0 Å². The number of aliphatic carboxylic acids is 1. The minimum absolute atomic E-state index is 0.0818. The molecule has 0 spiro atoms. The van der Waals surface area contributed by atoms with E-state index in [0.29, 0.717) is 12.2 Å². The summed E-state index contributed by atoms with van der Waals surface area (Å²) in [5.74, 6) is -1.09. The predicted molar refractivity (Wildman–Crippen MR) is 79.4 cm³/mol. The van der Waals surface area contributed by atoms with E-state index < -0.39 is 16.0 Å². The van der Waals surface area contributed by atoms with Crippen molar-refractivity contribution in [3.05, 3.63) is 35.9 Å². The number of sulfonamides is 1. The maximum absolute atomic E-state index is 12.2. The third kappa shape index (κ3) is 6.07. The molecule has 1 atom stereocenters. The Kier molecular flexibility index (Phi) is 6.54. The van der Waals surface area contributed by atoms with Crippen LogP contribution in [0, 0.1) is 0 Å². The Balaban J connectivity index is 2.88. The Morgan fingerprint density at radius 3 is 2.81 bits per heavy atom. The van der Waals surface area contributed by atoms with Crippen molar-refractivity contribution in [2.24, 2.45) is 0 Å². The van der Waals surface area contributed by atoms with Gasteiger partial charge in [0.15, 0.2) is 0 Å². The Morgan fingerprint density at radius 1 is 1.48 bits per heavy atom. The number of carboxylic acids is 1. The normalized spacial score (nSPS) is 13.4. The third-order valence-electron chi connectivity index (χ3n) is 2.52. The average Bonchev–Trinajstić information content (AvgIpc) is 2.43. The summed E-state index contributed by atoms with van der Waals surface area (Å²) >= 11 is 0. The summed E-state index contributed by atoms with van der Waals surface area (Å²) < 4.78 is 32.0. The van der Waals surface area contributed by atoms with Crippen molar-refractivity contribution in [3.8, 4) is 0 Å². The minimum Gasteiger partial charge on any atom is -0.478 e. The summed E-state index contributed by atoms with van der Waals surface area (Å²) in [5, 5.41) is 8.57. The number of ether oxygens (including phenoxy) is 1. The van der Waals surface area contributed by atoms with Crippen LogP contribution in [0.1, 0.15) is 19.4 Å². The van der Waals surface area contributed by atoms with Crippen molar-refractivity contribution in [3.63, 3.8) is 0 Å². The largest absolute Gasteiger partial charge is 0.478 e. The fraction of sp³-hybridized carbons (Fsp3) is 0.357. The molecular formula is C14H19NO5S. The van der Waals surface area contributed by atoms with Crippen LogP contribution >= 0.6 is 0 Å². The molecule has 6 nitrogen and oxygen atoms in total. The Labute approximate surface area is 124 Å². The molecule has 1 unspecified atom stereocenters. The monoisotopic (exact) mass is 313 g/mol. The predicted octanol–water partition coefficient (Wildman–Crippen LogP) is 1.49. The summed E-state index contributed by atoms with van der Waals surface area (Å²) in [6.07, 6.45) is 2.29. The Hall–Kier alpha value is -1.70. The molecule has 7 heteroatoms. The first-order valence-electron chi connectivity index (χ1n) is 6.46. The average molecular weight is 313 g/mol. The molecule has 0 amide bonds. The fourth-order valence-electron chi connectivity index (χ4n) is 1.61. The fourth-order valence-corrected chi connectivity index (χ4v) is 2.90. The lowest BCUT2D eigenvalue weighted by Gasteiger charge is -2.14. The van der Waals surface area contributed by atoms with E-state index in [9.17, 15) is 13.2 Å². The number of carboxylic acid groups (broad SMARTS) is 1. The zero-order valence-corrected chi connectivity index (χ0v) is 12.8. The molecule has 21 heavy (non-hydrogen) atoms. The summed E-state index contributed by atoms with van der Waals surface area (Å²) in [4.78, 5) is 10.6. The van der Waals surface area contributed by atoms with Gasteiger partial charge in [0, 0.05) is 18.7 Å². The number of rotatable bonds is 8. The van der Waals surface area contributed by atoms with Gasteiger partial charge in [0.25, 0.3) is 0 Å². The molecule has 0 aliphatic heterocycles. The van der Waals surface area contributed by atoms with Crippen LogP contribution in [0.2, 0.25) is 0 Å². The molecular weight excluding hydrogens is 294 g/mol. The molecule has 116 valence electrons. The van der Waals surface area contributed by atoms with Crippen molar-refractivity contribution in [1.82, 2.24) is 4.72 Å². The first kappa shape index (κ1) is 17.4. The van der Waals surface area contributed by atoms with Crippen molar-refractivity contribution >= 4 is 22.1 Å². The van der Waals surface area contributed by atoms with Gasteiger partial charge in [-0.15, -0.1) is 0 Å². The van der Waals surface area contributed by atoms with Gasteiger partial charge in [0.2, 0.25) is 10.0 Å². The van der Waals surface area contributed by atoms with Crippen LogP contribution in [0.25, 0.3) is 6.08 Å². The molecule has 0 bridgehead atoms. The second-order valence-corrected chi connectivity index (χ2v) is 6.14. The quantitative estimate of drug-likeness (QED) is 0.709. The maximum atomic E-state index is 12.2. The van der Waals surface area contributed by atoms with E-state index in [1.165, 1.54) is 18.2 Å². The van der Waals surface area contributed by atoms with Gasteiger partial charge < -0.3 is 9.84 Å². The van der Waals surface area contributed by atoms with Gasteiger partial charge in [-0.1, -0.05) is 12.1 Å². The summed E-state index contributed by atoms with van der Waals surface area (Å²) in [7, 11) is -3.66. The number of hydrogen-bond donors (Lipinski definition) is 2. The highest BCUT2D eigenvalue weighted by Gasteiger charge is 2.17. The topological polar surface area (TPSA) is 92.7 Å². The van der Waals surface area contributed by atoms with E-state index >= 15 is 0 Å². The van der Waals surface area contributed by atoms with E-state index in [2.05, 4.69) is 4.72 Å². The SMILES string of the molecule is CCOCC(C)NS(=O)(=O)c1cccc(C=CC(=O)O)c1. The number of benzene rings is 1. The van der Waals surface area contributed by atoms with Gasteiger partial charge in [-0.25, -0.2) is 17.9 Å². The van der Waals surface area contributed by atoms with Crippen LogP contribution in [0.15, 0.2) is 35.2 Å². The first-order chi connectivity index (χ1) is 9.85. The highest BCUT2D eigenvalue weighted by molar-refractivity contribution is 7.89. The van der Waals surface area contributed by atoms with Gasteiger partial charge in [-0.2, -0.15) is 0 Å². The van der Waals surface area contributed by atoms with Crippen molar-refractivity contribution in [1.29, 1.82) is 0 Å². The minimum atomic E-state index is -3.66. The molecule has 0 aliphatic carbocycles. The second-order valence-electron chi connectivity index (χ2n) is 4.43. The zero-order chi connectivity index (χ0) is 15.9. The van der Waals surface area contributed by atoms with Crippen molar-refractivity contribution in [2.45, 2.75) is 24.8 Å². The second kappa shape index (κ2) is 7.92. The Bertz CT molecular complexity index is 610. The smallest absolute Gasteiger partial charge is 0.328 e. The number of carbonyl (C=O) groups is 1. The lowest BCUT2D eigenvalue weighted by molar-refractivity contribution is -0.131. The number of hydrogen-bond acceptors (Lipinski definition) is 4. The highest BCUT2D eigenvalue weighted by Crippen LogP contribution is 2.13. The third-order valence-corrected chi connectivity index (χ3v) is 4.10. The molecule has 0 aliphatic rings. The van der Waals surface area contributed by atoms with Gasteiger partial charge in [0.05, 0.1) is 11.5 Å². The van der Waals surface area contributed by atoms with Crippen LogP contribution in [0.3, 0.4) is 0 Å². The van der Waals surface area contributed by atoms with Gasteiger partial charge in [0.1, 0.15) is 0 Å². The molecule has 0 fully saturated rings. The molecule has 0 saturated carbocycles. The van der Waals surface area contributed by atoms with E-state index in [4.69, 9.17) is 9.84 Å². The van der Waals surface area contributed by atoms with Crippen LogP contribution < -0.4 is 4.72 Å². The lowest BCUT2D eigenvalue weighted by atomic mass is 10.2. The molecule has 0 saturated heterocycles. The van der Waals surface area contributed by atoms with Crippen LogP contribution in [-0.4, -0.2) is 38.7 Å².